The quantitative estimate of drug-likeness (QED) is 0.530. The lowest BCUT2D eigenvalue weighted by atomic mass is 10.2. The lowest BCUT2D eigenvalue weighted by Gasteiger charge is -2.02. The summed E-state index contributed by atoms with van der Waals surface area (Å²) in [4.78, 5) is 8.30. The summed E-state index contributed by atoms with van der Waals surface area (Å²) < 4.78 is 33.5. The summed E-state index contributed by atoms with van der Waals surface area (Å²) in [6.07, 6.45) is 6.97. The highest BCUT2D eigenvalue weighted by atomic mass is 32.2. The number of ether oxygens (including phenoxy) is 1. The van der Waals surface area contributed by atoms with Crippen LogP contribution in [0.1, 0.15) is 6.42 Å². The van der Waals surface area contributed by atoms with Crippen LogP contribution in [-0.2, 0) is 20.8 Å². The zero-order chi connectivity index (χ0) is 16.0. The van der Waals surface area contributed by atoms with Gasteiger partial charge in [-0.2, -0.15) is 8.42 Å². The van der Waals surface area contributed by atoms with Crippen LogP contribution >= 0.6 is 0 Å². The number of hydrogen-bond acceptors (Lipinski definition) is 7. The van der Waals surface area contributed by atoms with E-state index in [9.17, 15) is 8.42 Å². The van der Waals surface area contributed by atoms with Crippen molar-refractivity contribution < 1.29 is 22.0 Å². The number of aryl methyl sites for hydroxylation is 1. The van der Waals surface area contributed by atoms with Gasteiger partial charge in [0, 0.05) is 18.1 Å². The molecule has 0 bridgehead atoms. The van der Waals surface area contributed by atoms with E-state index >= 15 is 0 Å². The first-order valence-electron chi connectivity index (χ1n) is 6.54. The molecule has 0 aliphatic rings. The second-order valence-electron chi connectivity index (χ2n) is 4.41. The van der Waals surface area contributed by atoms with Crippen LogP contribution in [0.5, 0.6) is 5.88 Å². The fourth-order valence-electron chi connectivity index (χ4n) is 1.74. The molecule has 0 spiro atoms. The minimum Gasteiger partial charge on any atom is -0.480 e. The van der Waals surface area contributed by atoms with Crippen molar-refractivity contribution in [2.75, 3.05) is 20.0 Å². The molecule has 0 amide bonds. The molecule has 2 heterocycles. The molecule has 2 rings (SSSR count). The molecular formula is C13H17N4O4S+. The van der Waals surface area contributed by atoms with Gasteiger partial charge in [-0.25, -0.2) is 4.98 Å². The second kappa shape index (κ2) is 7.23. The van der Waals surface area contributed by atoms with Gasteiger partial charge in [-0.05, 0) is 5.10 Å². The Hall–Kier alpha value is -2.13. The predicted molar refractivity (Wildman–Crippen MR) is 77.4 cm³/mol. The second-order valence-corrected chi connectivity index (χ2v) is 6.26. The molecule has 0 saturated carbocycles. The van der Waals surface area contributed by atoms with E-state index in [-0.39, 0.29) is 5.75 Å². The molecule has 0 aromatic carbocycles. The normalized spacial score (nSPS) is 11.4. The predicted octanol–water partition coefficient (Wildman–Crippen LogP) is 0.201. The number of aromatic nitrogens is 4. The molecule has 0 atom stereocenters. The molecule has 22 heavy (non-hydrogen) atoms. The highest BCUT2D eigenvalue weighted by Crippen LogP contribution is 2.15. The van der Waals surface area contributed by atoms with Gasteiger partial charge >= 0.3 is 0 Å². The van der Waals surface area contributed by atoms with E-state index in [1.165, 1.54) is 13.3 Å². The van der Waals surface area contributed by atoms with E-state index in [0.29, 0.717) is 24.5 Å². The molecule has 0 saturated heterocycles. The maximum Gasteiger partial charge on any atom is 0.267 e. The lowest BCUT2D eigenvalue weighted by molar-refractivity contribution is -0.753. The van der Waals surface area contributed by atoms with Crippen molar-refractivity contribution in [3.05, 3.63) is 30.9 Å². The lowest BCUT2D eigenvalue weighted by Crippen LogP contribution is -2.38. The summed E-state index contributed by atoms with van der Waals surface area (Å²) in [6.45, 7) is 0.479. The Kier molecular flexibility index (Phi) is 5.34. The van der Waals surface area contributed by atoms with Gasteiger partial charge in [0.05, 0.1) is 38.1 Å². The minimum absolute atomic E-state index is 0.0404. The largest absolute Gasteiger partial charge is 0.480 e. The standard InChI is InChI=1S/C13H17N4O4S/c1-20-13-10-14-9-12(16-13)11-4-6-17(15-8-11)5-3-7-22(18,19)21-2/h4,6,8-10H,3,5,7H2,1-2H3/q+1. The summed E-state index contributed by atoms with van der Waals surface area (Å²) in [5, 5.41) is 4.23. The molecule has 8 nitrogen and oxygen atoms in total. The molecule has 0 unspecified atom stereocenters. The maximum atomic E-state index is 11.2. The third kappa shape index (κ3) is 4.43. The molecule has 9 heteroatoms. The van der Waals surface area contributed by atoms with Crippen LogP contribution in [0.2, 0.25) is 0 Å². The van der Waals surface area contributed by atoms with Crippen molar-refractivity contribution in [3.63, 3.8) is 0 Å². The van der Waals surface area contributed by atoms with E-state index in [1.54, 1.807) is 23.3 Å². The van der Waals surface area contributed by atoms with E-state index in [0.717, 1.165) is 12.7 Å². The number of nitrogens with zero attached hydrogens (tertiary/aromatic N) is 4. The third-order valence-electron chi connectivity index (χ3n) is 2.92. The van der Waals surface area contributed by atoms with Gasteiger partial charge in [0.1, 0.15) is 6.20 Å². The summed E-state index contributed by atoms with van der Waals surface area (Å²) in [6, 6.07) is 1.83. The Morgan fingerprint density at radius 3 is 2.68 bits per heavy atom. The van der Waals surface area contributed by atoms with Crippen LogP contribution in [0.4, 0.5) is 0 Å². The molecule has 0 N–H and O–H groups in total. The van der Waals surface area contributed by atoms with Gasteiger partial charge in [0.25, 0.3) is 10.1 Å². The Morgan fingerprint density at radius 2 is 2.05 bits per heavy atom. The number of methoxy groups -OCH3 is 1. The molecule has 0 fully saturated rings. The zero-order valence-corrected chi connectivity index (χ0v) is 13.2. The molecule has 0 radical (unpaired) electrons. The minimum atomic E-state index is -3.42. The Bertz CT molecular complexity index is 719. The van der Waals surface area contributed by atoms with Crippen molar-refractivity contribution >= 4 is 10.1 Å². The molecule has 2 aromatic heterocycles. The fourth-order valence-corrected chi connectivity index (χ4v) is 2.39. The summed E-state index contributed by atoms with van der Waals surface area (Å²) in [5.41, 5.74) is 1.45. The van der Waals surface area contributed by atoms with Crippen LogP contribution in [0, 0.1) is 0 Å². The third-order valence-corrected chi connectivity index (χ3v) is 4.22. The maximum absolute atomic E-state index is 11.2. The van der Waals surface area contributed by atoms with Gasteiger partial charge in [0.15, 0.2) is 12.7 Å². The Morgan fingerprint density at radius 1 is 1.23 bits per heavy atom. The van der Waals surface area contributed by atoms with Crippen LogP contribution in [0.3, 0.4) is 0 Å². The summed E-state index contributed by atoms with van der Waals surface area (Å²) >= 11 is 0. The van der Waals surface area contributed by atoms with Gasteiger partial charge in [-0.1, -0.05) is 4.68 Å². The van der Waals surface area contributed by atoms with Gasteiger partial charge in [-0.3, -0.25) is 9.17 Å². The first kappa shape index (κ1) is 16.2. The van der Waals surface area contributed by atoms with Crippen molar-refractivity contribution in [2.24, 2.45) is 0 Å². The fraction of sp³-hybridized carbons (Fsp3) is 0.385. The topological polar surface area (TPSA) is 95.2 Å². The van der Waals surface area contributed by atoms with Gasteiger partial charge < -0.3 is 4.74 Å². The average molecular weight is 325 g/mol. The Balaban J connectivity index is 2.01. The smallest absolute Gasteiger partial charge is 0.267 e. The van der Waals surface area contributed by atoms with E-state index in [1.807, 2.05) is 6.07 Å². The molecular weight excluding hydrogens is 308 g/mol. The van der Waals surface area contributed by atoms with E-state index in [2.05, 4.69) is 19.2 Å². The van der Waals surface area contributed by atoms with Crippen molar-refractivity contribution in [3.8, 4) is 17.1 Å². The average Bonchev–Trinajstić information content (AvgIpc) is 2.55. The van der Waals surface area contributed by atoms with Crippen LogP contribution in [0.25, 0.3) is 11.3 Å². The number of hydrogen-bond donors (Lipinski definition) is 0. The number of rotatable bonds is 7. The molecule has 118 valence electrons. The van der Waals surface area contributed by atoms with Crippen LogP contribution in [0.15, 0.2) is 30.9 Å². The van der Waals surface area contributed by atoms with Gasteiger partial charge in [0.2, 0.25) is 5.88 Å². The monoisotopic (exact) mass is 325 g/mol. The van der Waals surface area contributed by atoms with Gasteiger partial charge in [-0.15, -0.1) is 0 Å². The van der Waals surface area contributed by atoms with Crippen molar-refractivity contribution in [2.45, 2.75) is 13.0 Å². The SMILES string of the molecule is COc1cncc(-c2cc[n+](CCCS(=O)(=O)OC)nc2)n1. The van der Waals surface area contributed by atoms with Crippen molar-refractivity contribution in [1.82, 2.24) is 15.1 Å². The highest BCUT2D eigenvalue weighted by Gasteiger charge is 2.12. The first-order chi connectivity index (χ1) is 10.5. The first-order valence-corrected chi connectivity index (χ1v) is 8.12. The van der Waals surface area contributed by atoms with Crippen molar-refractivity contribution in [1.29, 1.82) is 0 Å². The Labute approximate surface area is 128 Å². The van der Waals surface area contributed by atoms with Crippen LogP contribution < -0.4 is 9.42 Å². The molecule has 2 aromatic rings. The van der Waals surface area contributed by atoms with E-state index < -0.39 is 10.1 Å². The highest BCUT2D eigenvalue weighted by molar-refractivity contribution is 7.86. The zero-order valence-electron chi connectivity index (χ0n) is 12.3. The summed E-state index contributed by atoms with van der Waals surface area (Å²) in [7, 11) is -0.737. The summed E-state index contributed by atoms with van der Waals surface area (Å²) in [5.74, 6) is 0.389. The van der Waals surface area contributed by atoms with Crippen LogP contribution in [-0.4, -0.2) is 43.5 Å². The van der Waals surface area contributed by atoms with E-state index in [4.69, 9.17) is 4.74 Å². The molecule has 0 aliphatic heterocycles. The molecule has 0 aliphatic carbocycles.